The van der Waals surface area contributed by atoms with Gasteiger partial charge >= 0.3 is 0 Å². The van der Waals surface area contributed by atoms with E-state index in [9.17, 15) is 4.39 Å². The number of aromatic amines is 1. The maximum atomic E-state index is 13.2. The second-order valence-electron chi connectivity index (χ2n) is 7.57. The van der Waals surface area contributed by atoms with Gasteiger partial charge in [0.05, 0.1) is 0 Å². The van der Waals surface area contributed by atoms with Crippen molar-refractivity contribution < 1.29 is 15.3 Å². The number of pyridine rings is 1. The standard InChI is InChI=1S/C21H17FN2.C4H8S.2H2O/c1-13-4-3-5-16(10-13)20-14(2)12-23-21-18(20)11-19(24-21)15-6-8-17(22)9-7-15;1-5-4-2-3-4;;/h3-12H,1-2H3,(H,23,24);4H,2-3H2,1H3;2*1H2. The van der Waals surface area contributed by atoms with Crippen LogP contribution in [0.25, 0.3) is 33.4 Å². The molecule has 6 heteroatoms. The van der Waals surface area contributed by atoms with Crippen LogP contribution in [0.1, 0.15) is 24.0 Å². The number of halogens is 1. The number of thioether (sulfide) groups is 1. The van der Waals surface area contributed by atoms with Crippen molar-refractivity contribution in [2.24, 2.45) is 0 Å². The van der Waals surface area contributed by atoms with Gasteiger partial charge in [-0.15, -0.1) is 0 Å². The Balaban J connectivity index is 0.000000432. The Hall–Kier alpha value is -2.67. The van der Waals surface area contributed by atoms with E-state index in [4.69, 9.17) is 0 Å². The molecule has 5 rings (SSSR count). The lowest BCUT2D eigenvalue weighted by Gasteiger charge is -2.08. The van der Waals surface area contributed by atoms with Crippen molar-refractivity contribution >= 4 is 22.8 Å². The van der Waals surface area contributed by atoms with Crippen molar-refractivity contribution in [1.82, 2.24) is 9.97 Å². The average Bonchev–Trinajstić information content (AvgIpc) is 3.47. The molecule has 0 unspecified atom stereocenters. The maximum absolute atomic E-state index is 13.2. The Bertz CT molecular complexity index is 1140. The van der Waals surface area contributed by atoms with Crippen molar-refractivity contribution in [3.63, 3.8) is 0 Å². The van der Waals surface area contributed by atoms with Gasteiger partial charge in [0.15, 0.2) is 0 Å². The first-order valence-corrected chi connectivity index (χ1v) is 11.2. The SMILES string of the molecule is CSC1CC1.Cc1cccc(-c2c(C)cnc3[nH]c(-c4ccc(F)cc4)cc23)c1.O.O. The van der Waals surface area contributed by atoms with Crippen LogP contribution in [0, 0.1) is 19.7 Å². The van der Waals surface area contributed by atoms with E-state index in [0.29, 0.717) is 0 Å². The van der Waals surface area contributed by atoms with E-state index in [1.54, 1.807) is 12.1 Å². The summed E-state index contributed by atoms with van der Waals surface area (Å²) in [5.74, 6) is -0.232. The van der Waals surface area contributed by atoms with Crippen LogP contribution in [0.2, 0.25) is 0 Å². The fourth-order valence-electron chi connectivity index (χ4n) is 3.45. The predicted octanol–water partition coefficient (Wildman–Crippen LogP) is 5.52. The summed E-state index contributed by atoms with van der Waals surface area (Å²) in [5, 5.41) is 2.13. The third-order valence-electron chi connectivity index (χ3n) is 5.17. The molecule has 2 heterocycles. The van der Waals surface area contributed by atoms with Gasteiger partial charge in [0, 0.05) is 22.5 Å². The highest BCUT2D eigenvalue weighted by molar-refractivity contribution is 7.99. The van der Waals surface area contributed by atoms with Crippen LogP contribution < -0.4 is 0 Å². The monoisotopic (exact) mass is 440 g/mol. The Morgan fingerprint density at radius 3 is 2.26 bits per heavy atom. The number of aromatic nitrogens is 2. The molecular weight excluding hydrogens is 411 g/mol. The first-order chi connectivity index (χ1) is 14.0. The molecule has 0 saturated heterocycles. The molecule has 1 aliphatic rings. The van der Waals surface area contributed by atoms with Crippen molar-refractivity contribution in [3.05, 3.63) is 77.7 Å². The quantitative estimate of drug-likeness (QED) is 0.455. The van der Waals surface area contributed by atoms with Gasteiger partial charge < -0.3 is 15.9 Å². The molecular formula is C25H29FN2O2S. The molecule has 31 heavy (non-hydrogen) atoms. The van der Waals surface area contributed by atoms with E-state index >= 15 is 0 Å². The molecule has 0 amide bonds. The fourth-order valence-corrected chi connectivity index (χ4v) is 4.05. The smallest absolute Gasteiger partial charge is 0.138 e. The van der Waals surface area contributed by atoms with Gasteiger partial charge in [0.1, 0.15) is 11.5 Å². The van der Waals surface area contributed by atoms with Crippen LogP contribution in [-0.2, 0) is 0 Å². The lowest BCUT2D eigenvalue weighted by Crippen LogP contribution is -1.88. The third-order valence-corrected chi connectivity index (χ3v) is 6.31. The van der Waals surface area contributed by atoms with Crippen molar-refractivity contribution in [1.29, 1.82) is 0 Å². The molecule has 2 aromatic carbocycles. The maximum Gasteiger partial charge on any atom is 0.138 e. The number of aryl methyl sites for hydroxylation is 2. The van der Waals surface area contributed by atoms with Crippen molar-refractivity contribution in [2.45, 2.75) is 31.9 Å². The lowest BCUT2D eigenvalue weighted by atomic mass is 9.97. The molecule has 4 aromatic rings. The van der Waals surface area contributed by atoms with Gasteiger partial charge in [0.2, 0.25) is 0 Å². The van der Waals surface area contributed by atoms with Crippen LogP contribution in [0.3, 0.4) is 0 Å². The Morgan fingerprint density at radius 1 is 0.968 bits per heavy atom. The number of fused-ring (bicyclic) bond motifs is 1. The van der Waals surface area contributed by atoms with Gasteiger partial charge in [-0.1, -0.05) is 29.8 Å². The van der Waals surface area contributed by atoms with Crippen LogP contribution in [-0.4, -0.2) is 32.4 Å². The number of nitrogens with zero attached hydrogens (tertiary/aromatic N) is 1. The highest BCUT2D eigenvalue weighted by atomic mass is 32.2. The highest BCUT2D eigenvalue weighted by Gasteiger charge is 2.18. The second kappa shape index (κ2) is 10.6. The normalized spacial score (nSPS) is 12.4. The summed E-state index contributed by atoms with van der Waals surface area (Å²) in [4.78, 5) is 7.87. The first kappa shape index (κ1) is 24.6. The summed E-state index contributed by atoms with van der Waals surface area (Å²) in [6.07, 6.45) is 7.02. The first-order valence-electron chi connectivity index (χ1n) is 9.89. The zero-order valence-corrected chi connectivity index (χ0v) is 18.8. The second-order valence-corrected chi connectivity index (χ2v) is 8.71. The molecule has 0 bridgehead atoms. The van der Waals surface area contributed by atoms with Gasteiger partial charge in [-0.3, -0.25) is 0 Å². The summed E-state index contributed by atoms with van der Waals surface area (Å²) < 4.78 is 13.2. The number of nitrogens with one attached hydrogen (secondary N) is 1. The zero-order valence-electron chi connectivity index (χ0n) is 18.0. The van der Waals surface area contributed by atoms with Gasteiger partial charge in [-0.25, -0.2) is 9.37 Å². The minimum atomic E-state index is -0.232. The number of rotatable bonds is 3. The minimum Gasteiger partial charge on any atom is -0.412 e. The fraction of sp³-hybridized carbons (Fsp3) is 0.240. The number of H-pyrrole nitrogens is 1. The zero-order chi connectivity index (χ0) is 20.4. The molecule has 5 N–H and O–H groups in total. The van der Waals surface area contributed by atoms with Crippen LogP contribution in [0.4, 0.5) is 4.39 Å². The van der Waals surface area contributed by atoms with Crippen LogP contribution in [0.15, 0.2) is 60.8 Å². The van der Waals surface area contributed by atoms with E-state index in [2.05, 4.69) is 60.4 Å². The molecule has 2 aromatic heterocycles. The molecule has 1 aliphatic carbocycles. The Morgan fingerprint density at radius 2 is 1.68 bits per heavy atom. The van der Waals surface area contributed by atoms with Gasteiger partial charge in [-0.05, 0) is 85.5 Å². The summed E-state index contributed by atoms with van der Waals surface area (Å²) in [6, 6.07) is 17.1. The highest BCUT2D eigenvalue weighted by Crippen LogP contribution is 2.34. The van der Waals surface area contributed by atoms with Crippen LogP contribution in [0.5, 0.6) is 0 Å². The molecule has 4 nitrogen and oxygen atoms in total. The third kappa shape index (κ3) is 5.73. The summed E-state index contributed by atoms with van der Waals surface area (Å²) in [7, 11) is 0. The molecule has 0 radical (unpaired) electrons. The molecule has 0 atom stereocenters. The molecule has 0 aliphatic heterocycles. The Kier molecular flexibility index (Phi) is 8.39. The van der Waals surface area contributed by atoms with Crippen molar-refractivity contribution in [2.75, 3.05) is 6.26 Å². The topological polar surface area (TPSA) is 91.7 Å². The van der Waals surface area contributed by atoms with E-state index in [0.717, 1.165) is 33.1 Å². The number of hydrogen-bond acceptors (Lipinski definition) is 2. The average molecular weight is 441 g/mol. The van der Waals surface area contributed by atoms with E-state index in [1.165, 1.54) is 41.7 Å². The molecule has 0 spiro atoms. The van der Waals surface area contributed by atoms with E-state index in [1.807, 2.05) is 18.0 Å². The summed E-state index contributed by atoms with van der Waals surface area (Å²) in [5.41, 5.74) is 7.47. The number of hydrogen-bond donors (Lipinski definition) is 1. The largest absolute Gasteiger partial charge is 0.412 e. The Labute approximate surface area is 186 Å². The van der Waals surface area contributed by atoms with Gasteiger partial charge in [0.25, 0.3) is 0 Å². The van der Waals surface area contributed by atoms with E-state index < -0.39 is 0 Å². The molecule has 1 fully saturated rings. The summed E-state index contributed by atoms with van der Waals surface area (Å²) in [6.45, 7) is 4.17. The number of benzene rings is 2. The van der Waals surface area contributed by atoms with Crippen LogP contribution >= 0.6 is 11.8 Å². The minimum absolute atomic E-state index is 0. The summed E-state index contributed by atoms with van der Waals surface area (Å²) >= 11 is 1.99. The van der Waals surface area contributed by atoms with E-state index in [-0.39, 0.29) is 16.8 Å². The van der Waals surface area contributed by atoms with Crippen molar-refractivity contribution in [3.8, 4) is 22.4 Å². The predicted molar refractivity (Wildman–Crippen MR) is 130 cm³/mol. The molecule has 1 saturated carbocycles. The molecule has 164 valence electrons. The lowest BCUT2D eigenvalue weighted by molar-refractivity contribution is 0.628. The van der Waals surface area contributed by atoms with Gasteiger partial charge in [-0.2, -0.15) is 11.8 Å².